The van der Waals surface area contributed by atoms with E-state index in [1.807, 2.05) is 20.8 Å². The first-order valence-corrected chi connectivity index (χ1v) is 12.2. The van der Waals surface area contributed by atoms with Crippen LogP contribution in [0.1, 0.15) is 27.7 Å². The van der Waals surface area contributed by atoms with Crippen molar-refractivity contribution in [1.29, 1.82) is 0 Å². The highest BCUT2D eigenvalue weighted by molar-refractivity contribution is 8.11. The van der Waals surface area contributed by atoms with E-state index in [1.54, 1.807) is 35.4 Å². The summed E-state index contributed by atoms with van der Waals surface area (Å²) in [6.07, 6.45) is 1.62. The zero-order valence-electron chi connectivity index (χ0n) is 19.2. The molecule has 0 unspecified atom stereocenters. The van der Waals surface area contributed by atoms with Crippen LogP contribution in [0, 0.1) is 10.1 Å². The Morgan fingerprint density at radius 1 is 1.24 bits per heavy atom. The second-order valence-corrected chi connectivity index (χ2v) is 9.89. The fourth-order valence-electron chi connectivity index (χ4n) is 3.86. The van der Waals surface area contributed by atoms with Gasteiger partial charge in [0.15, 0.2) is 0 Å². The molecule has 0 aliphatic carbocycles. The van der Waals surface area contributed by atoms with Gasteiger partial charge in [-0.15, -0.1) is 17.9 Å². The third-order valence-electron chi connectivity index (χ3n) is 5.63. The number of amides is 1. The molecule has 2 aliphatic heterocycles. The van der Waals surface area contributed by atoms with Gasteiger partial charge in [0.25, 0.3) is 17.2 Å². The molecule has 1 amide bonds. The number of hydrazone groups is 1. The first kappa shape index (κ1) is 23.7. The molecule has 11 heteroatoms. The summed E-state index contributed by atoms with van der Waals surface area (Å²) in [5, 5.41) is 17.5. The number of hydrogen-bond acceptors (Lipinski definition) is 8. The molecule has 0 radical (unpaired) electrons. The Bertz CT molecular complexity index is 1480. The number of non-ortho nitro benzene ring substituents is 1. The minimum absolute atomic E-state index is 0.138. The summed E-state index contributed by atoms with van der Waals surface area (Å²) in [6.45, 7) is 12.5. The number of thioether (sulfide) groups is 1. The predicted octanol–water partition coefficient (Wildman–Crippen LogP) is 2.96. The summed E-state index contributed by atoms with van der Waals surface area (Å²) in [4.78, 5) is 40.8. The SMILES string of the molecule is C=CCn1c(=C2C(=O)N(c3cccc([N+](=O)[O-])c3)N=C2C)sc(=C2SC(C)=C(C)N2CC)c1=O. The lowest BCUT2D eigenvalue weighted by atomic mass is 10.2. The highest BCUT2D eigenvalue weighted by atomic mass is 32.2. The van der Waals surface area contributed by atoms with Gasteiger partial charge in [-0.1, -0.05) is 23.9 Å². The number of anilines is 1. The Labute approximate surface area is 203 Å². The number of carbonyl (C=O) groups is 1. The number of rotatable bonds is 5. The monoisotopic (exact) mass is 497 g/mol. The van der Waals surface area contributed by atoms with E-state index >= 15 is 0 Å². The van der Waals surface area contributed by atoms with Crippen molar-refractivity contribution in [3.63, 3.8) is 0 Å². The molecule has 9 nitrogen and oxygen atoms in total. The standard InChI is InChI=1S/C23H23N5O4S2/c1-6-11-26-21(30)19(23-25(7-2)14(4)15(5)33-23)34-22(26)18-13(3)24-27(20(18)29)16-9-8-10-17(12-16)28(31)32/h6,8-10,12H,1,7,11H2,2-5H3. The number of benzene rings is 1. The number of carbonyl (C=O) groups excluding carboxylic acids is 1. The van der Waals surface area contributed by atoms with E-state index in [1.165, 1.54) is 29.5 Å². The van der Waals surface area contributed by atoms with Gasteiger partial charge in [0.05, 0.1) is 21.9 Å². The first-order chi connectivity index (χ1) is 16.2. The van der Waals surface area contributed by atoms with Crippen LogP contribution in [-0.2, 0) is 11.3 Å². The van der Waals surface area contributed by atoms with Crippen LogP contribution in [0.5, 0.6) is 0 Å². The molecular weight excluding hydrogens is 474 g/mol. The molecule has 0 saturated heterocycles. The normalized spacial score (nSPS) is 19.3. The van der Waals surface area contributed by atoms with Gasteiger partial charge in [0.2, 0.25) is 0 Å². The summed E-state index contributed by atoms with van der Waals surface area (Å²) in [6, 6.07) is 5.75. The van der Waals surface area contributed by atoms with Crippen LogP contribution < -0.4 is 19.8 Å². The highest BCUT2D eigenvalue weighted by Crippen LogP contribution is 2.40. The summed E-state index contributed by atoms with van der Waals surface area (Å²) in [5.41, 5.74) is 1.80. The largest absolute Gasteiger partial charge is 0.338 e. The highest BCUT2D eigenvalue weighted by Gasteiger charge is 2.32. The van der Waals surface area contributed by atoms with Crippen molar-refractivity contribution in [2.45, 2.75) is 34.2 Å². The Morgan fingerprint density at radius 3 is 2.62 bits per heavy atom. The molecule has 3 heterocycles. The van der Waals surface area contributed by atoms with Gasteiger partial charge in [0, 0.05) is 35.8 Å². The Hall–Kier alpha value is -3.44. The molecule has 0 atom stereocenters. The predicted molar refractivity (Wildman–Crippen MR) is 137 cm³/mol. The maximum atomic E-state index is 13.5. The number of allylic oxidation sites excluding steroid dienone is 3. The van der Waals surface area contributed by atoms with Crippen LogP contribution in [0.2, 0.25) is 0 Å². The van der Waals surface area contributed by atoms with Crippen LogP contribution in [0.15, 0.2) is 57.4 Å². The van der Waals surface area contributed by atoms with Crippen LogP contribution in [0.3, 0.4) is 0 Å². The number of nitro groups is 1. The molecule has 0 N–H and O–H groups in total. The van der Waals surface area contributed by atoms with Gasteiger partial charge in [-0.2, -0.15) is 10.1 Å². The quantitative estimate of drug-likeness (QED) is 0.358. The topological polar surface area (TPSA) is 101 Å². The fourth-order valence-corrected chi connectivity index (χ4v) is 6.41. The van der Waals surface area contributed by atoms with E-state index in [-0.39, 0.29) is 23.5 Å². The minimum atomic E-state index is -0.521. The van der Waals surface area contributed by atoms with Gasteiger partial charge in [-0.05, 0) is 33.8 Å². The Morgan fingerprint density at radius 2 is 1.97 bits per heavy atom. The zero-order valence-corrected chi connectivity index (χ0v) is 20.8. The van der Waals surface area contributed by atoms with Crippen LogP contribution in [-0.4, -0.2) is 32.6 Å². The van der Waals surface area contributed by atoms with E-state index in [0.29, 0.717) is 20.5 Å². The van der Waals surface area contributed by atoms with Crippen LogP contribution >= 0.6 is 23.1 Å². The smallest absolute Gasteiger partial charge is 0.283 e. The van der Waals surface area contributed by atoms with Gasteiger partial charge in [-0.25, -0.2) is 0 Å². The lowest BCUT2D eigenvalue weighted by Crippen LogP contribution is -2.35. The minimum Gasteiger partial charge on any atom is -0.338 e. The molecule has 176 valence electrons. The van der Waals surface area contributed by atoms with E-state index < -0.39 is 10.8 Å². The number of nitrogens with zero attached hydrogens (tertiary/aromatic N) is 5. The molecule has 1 aromatic heterocycles. The van der Waals surface area contributed by atoms with Crippen molar-refractivity contribution in [3.8, 4) is 0 Å². The molecule has 34 heavy (non-hydrogen) atoms. The Balaban J connectivity index is 1.94. The zero-order chi connectivity index (χ0) is 24.7. The van der Waals surface area contributed by atoms with E-state index in [2.05, 4.69) is 16.6 Å². The van der Waals surface area contributed by atoms with Crippen molar-refractivity contribution in [1.82, 2.24) is 9.47 Å². The summed E-state index contributed by atoms with van der Waals surface area (Å²) in [7, 11) is 0. The van der Waals surface area contributed by atoms with Gasteiger partial charge in [-0.3, -0.25) is 24.3 Å². The van der Waals surface area contributed by atoms with Gasteiger partial charge in [0.1, 0.15) is 14.2 Å². The molecule has 1 aromatic carbocycles. The van der Waals surface area contributed by atoms with Crippen molar-refractivity contribution >= 4 is 56.7 Å². The average Bonchev–Trinajstić information content (AvgIpc) is 3.39. The Kier molecular flexibility index (Phi) is 6.32. The molecule has 0 bridgehead atoms. The molecule has 0 fully saturated rings. The fraction of sp³-hybridized carbons (Fsp3) is 0.261. The van der Waals surface area contributed by atoms with Crippen molar-refractivity contribution in [2.75, 3.05) is 11.6 Å². The number of aromatic nitrogens is 1. The second-order valence-electron chi connectivity index (χ2n) is 7.69. The second kappa shape index (κ2) is 9.07. The molecule has 0 saturated carbocycles. The number of nitro benzene ring substituents is 1. The maximum Gasteiger partial charge on any atom is 0.283 e. The third kappa shape index (κ3) is 3.80. The lowest BCUT2D eigenvalue weighted by molar-refractivity contribution is -0.384. The average molecular weight is 498 g/mol. The van der Waals surface area contributed by atoms with Crippen molar-refractivity contribution < 1.29 is 9.72 Å². The molecule has 2 aliphatic rings. The molecule has 0 spiro atoms. The van der Waals surface area contributed by atoms with Gasteiger partial charge >= 0.3 is 0 Å². The van der Waals surface area contributed by atoms with Gasteiger partial charge < -0.3 is 4.90 Å². The maximum absolute atomic E-state index is 13.5. The van der Waals surface area contributed by atoms with Crippen molar-refractivity contribution in [3.05, 3.63) is 77.2 Å². The molecule has 4 rings (SSSR count). The summed E-state index contributed by atoms with van der Waals surface area (Å²) >= 11 is 2.81. The molecular formula is C23H23N5O4S2. The summed E-state index contributed by atoms with van der Waals surface area (Å²) < 4.78 is 2.59. The molecule has 2 aromatic rings. The number of hydrogen-bond donors (Lipinski definition) is 0. The lowest BCUT2D eigenvalue weighted by Gasteiger charge is -2.17. The third-order valence-corrected chi connectivity index (χ3v) is 8.17. The van der Waals surface area contributed by atoms with E-state index in [9.17, 15) is 19.7 Å². The summed E-state index contributed by atoms with van der Waals surface area (Å²) in [5.74, 6) is -0.439. The number of thiazole rings is 1. The van der Waals surface area contributed by atoms with Crippen LogP contribution in [0.25, 0.3) is 10.6 Å². The first-order valence-electron chi connectivity index (χ1n) is 10.6. The van der Waals surface area contributed by atoms with Crippen LogP contribution in [0.4, 0.5) is 11.4 Å². The van der Waals surface area contributed by atoms with E-state index in [4.69, 9.17) is 0 Å². The van der Waals surface area contributed by atoms with E-state index in [0.717, 1.165) is 27.2 Å². The van der Waals surface area contributed by atoms with Crippen molar-refractivity contribution in [2.24, 2.45) is 5.10 Å².